The Labute approximate surface area is 131 Å². The van der Waals surface area contributed by atoms with E-state index in [0.29, 0.717) is 13.1 Å². The maximum atomic E-state index is 12.2. The van der Waals surface area contributed by atoms with Crippen molar-refractivity contribution < 1.29 is 23.1 Å². The van der Waals surface area contributed by atoms with Gasteiger partial charge in [0.15, 0.2) is 6.10 Å². The van der Waals surface area contributed by atoms with E-state index in [1.807, 2.05) is 0 Å². The lowest BCUT2D eigenvalue weighted by atomic mass is 9.90. The first-order valence-corrected chi connectivity index (χ1v) is 6.50. The Hall–Kier alpha value is -1.32. The van der Waals surface area contributed by atoms with Crippen LogP contribution in [0.15, 0.2) is 12.4 Å². The van der Waals surface area contributed by atoms with Gasteiger partial charge in [0.25, 0.3) is 0 Å². The second kappa shape index (κ2) is 7.30. The number of hydrogen-bond acceptors (Lipinski definition) is 4. The average Bonchev–Trinajstić information content (AvgIpc) is 3.02. The number of rotatable bonds is 4. The molecule has 3 N–H and O–H groups in total. The third-order valence-corrected chi connectivity index (χ3v) is 3.55. The van der Waals surface area contributed by atoms with E-state index in [0.717, 1.165) is 5.56 Å². The number of hydrogen-bond donors (Lipinski definition) is 3. The summed E-state index contributed by atoms with van der Waals surface area (Å²) in [5.74, 6) is -1.12. The third-order valence-electron chi connectivity index (χ3n) is 3.55. The highest BCUT2D eigenvalue weighted by molar-refractivity contribution is 5.85. The van der Waals surface area contributed by atoms with Gasteiger partial charge in [-0.2, -0.15) is 18.3 Å². The number of aromatic nitrogens is 2. The summed E-state index contributed by atoms with van der Waals surface area (Å²) in [7, 11) is 1.75. The number of aliphatic hydroxyl groups excluding tert-OH is 1. The molecule has 1 aromatic rings. The van der Waals surface area contributed by atoms with Gasteiger partial charge in [0.1, 0.15) is 0 Å². The van der Waals surface area contributed by atoms with Crippen LogP contribution in [0.4, 0.5) is 13.2 Å². The van der Waals surface area contributed by atoms with Crippen molar-refractivity contribution in [1.82, 2.24) is 20.4 Å². The first-order valence-electron chi connectivity index (χ1n) is 6.50. The van der Waals surface area contributed by atoms with Gasteiger partial charge in [0, 0.05) is 32.3 Å². The van der Waals surface area contributed by atoms with E-state index < -0.39 is 30.7 Å². The van der Waals surface area contributed by atoms with Crippen molar-refractivity contribution in [1.29, 1.82) is 0 Å². The van der Waals surface area contributed by atoms with Crippen molar-refractivity contribution in [3.05, 3.63) is 18.0 Å². The Balaban J connectivity index is 0.00000242. The van der Waals surface area contributed by atoms with E-state index in [1.54, 1.807) is 24.1 Å². The minimum absolute atomic E-state index is 0. The first-order chi connectivity index (χ1) is 9.79. The predicted molar refractivity (Wildman–Crippen MR) is 74.6 cm³/mol. The number of carbonyl (C=O) groups is 1. The van der Waals surface area contributed by atoms with Crippen LogP contribution in [0.3, 0.4) is 0 Å². The van der Waals surface area contributed by atoms with Crippen LogP contribution in [0.2, 0.25) is 0 Å². The molecule has 3 atom stereocenters. The quantitative estimate of drug-likeness (QED) is 0.729. The van der Waals surface area contributed by atoms with E-state index in [4.69, 9.17) is 5.11 Å². The molecular weight excluding hydrogens is 325 g/mol. The van der Waals surface area contributed by atoms with Crippen LogP contribution in [0.5, 0.6) is 0 Å². The van der Waals surface area contributed by atoms with Gasteiger partial charge in [-0.3, -0.25) is 9.48 Å². The highest BCUT2D eigenvalue weighted by atomic mass is 35.5. The standard InChI is InChI=1S/C12H17F3N4O2.ClH/c1-19-6-7(2-18-19)8-3-16-4-9(8)11(21)17-5-10(20)12(13,14)15;/h2,6,8-10,16,20H,3-5H2,1H3,(H,17,21);1H/t8-,9+,10?;/m1./s1. The minimum atomic E-state index is -4.73. The van der Waals surface area contributed by atoms with Crippen molar-refractivity contribution in [2.24, 2.45) is 13.0 Å². The highest BCUT2D eigenvalue weighted by Crippen LogP contribution is 2.28. The molecule has 0 aromatic carbocycles. The average molecular weight is 343 g/mol. The van der Waals surface area contributed by atoms with Gasteiger partial charge in [-0.15, -0.1) is 12.4 Å². The number of aliphatic hydroxyl groups is 1. The summed E-state index contributed by atoms with van der Waals surface area (Å²) in [4.78, 5) is 12.0. The lowest BCUT2D eigenvalue weighted by Crippen LogP contribution is -2.43. The normalized spacial score (nSPS) is 23.0. The summed E-state index contributed by atoms with van der Waals surface area (Å²) in [5, 5.41) is 18.1. The molecule has 1 unspecified atom stereocenters. The first kappa shape index (κ1) is 18.7. The van der Waals surface area contributed by atoms with Gasteiger partial charge in [-0.25, -0.2) is 0 Å². The topological polar surface area (TPSA) is 79.2 Å². The molecule has 1 saturated heterocycles. The SMILES string of the molecule is Cl.Cn1cc([C@H]2CNC[C@@H]2C(=O)NCC(O)C(F)(F)F)cn1. The fraction of sp³-hybridized carbons (Fsp3) is 0.667. The number of nitrogens with zero attached hydrogens (tertiary/aromatic N) is 2. The molecule has 126 valence electrons. The predicted octanol–water partition coefficient (Wildman–Crippen LogP) is 0.184. The van der Waals surface area contributed by atoms with Crippen molar-refractivity contribution in [3.8, 4) is 0 Å². The van der Waals surface area contributed by atoms with Gasteiger partial charge >= 0.3 is 6.18 Å². The molecule has 1 fully saturated rings. The van der Waals surface area contributed by atoms with Gasteiger partial charge in [0.2, 0.25) is 5.91 Å². The molecule has 1 aliphatic heterocycles. The van der Waals surface area contributed by atoms with Crippen molar-refractivity contribution in [2.75, 3.05) is 19.6 Å². The molecule has 1 aromatic heterocycles. The number of halogens is 4. The lowest BCUT2D eigenvalue weighted by Gasteiger charge is -2.19. The van der Waals surface area contributed by atoms with Crippen LogP contribution < -0.4 is 10.6 Å². The maximum Gasteiger partial charge on any atom is 0.416 e. The van der Waals surface area contributed by atoms with Gasteiger partial charge in [-0.1, -0.05) is 0 Å². The fourth-order valence-electron chi connectivity index (χ4n) is 2.38. The van der Waals surface area contributed by atoms with Gasteiger partial charge < -0.3 is 15.7 Å². The Morgan fingerprint density at radius 2 is 2.27 bits per heavy atom. The molecule has 6 nitrogen and oxygen atoms in total. The zero-order valence-electron chi connectivity index (χ0n) is 11.8. The Bertz CT molecular complexity index is 509. The van der Waals surface area contributed by atoms with Crippen LogP contribution in [0.25, 0.3) is 0 Å². The van der Waals surface area contributed by atoms with E-state index in [-0.39, 0.29) is 18.3 Å². The molecule has 0 bridgehead atoms. The molecule has 1 amide bonds. The van der Waals surface area contributed by atoms with E-state index >= 15 is 0 Å². The molecule has 0 saturated carbocycles. The largest absolute Gasteiger partial charge is 0.416 e. The third kappa shape index (κ3) is 4.34. The number of alkyl halides is 3. The summed E-state index contributed by atoms with van der Waals surface area (Å²) < 4.78 is 38.2. The second-order valence-electron chi connectivity index (χ2n) is 5.12. The summed E-state index contributed by atoms with van der Waals surface area (Å²) in [5.41, 5.74) is 0.860. The molecular formula is C12H18ClF3N4O2. The smallest absolute Gasteiger partial charge is 0.382 e. The Kier molecular flexibility index (Phi) is 6.21. The summed E-state index contributed by atoms with van der Waals surface area (Å²) >= 11 is 0. The lowest BCUT2D eigenvalue weighted by molar-refractivity contribution is -0.202. The fourth-order valence-corrected chi connectivity index (χ4v) is 2.38. The number of nitrogens with one attached hydrogen (secondary N) is 2. The van der Waals surface area contributed by atoms with E-state index in [2.05, 4.69) is 15.7 Å². The number of carbonyl (C=O) groups excluding carboxylic acids is 1. The summed E-state index contributed by atoms with van der Waals surface area (Å²) in [6.45, 7) is 0.109. The van der Waals surface area contributed by atoms with Crippen molar-refractivity contribution in [2.45, 2.75) is 18.2 Å². The van der Waals surface area contributed by atoms with Crippen molar-refractivity contribution in [3.63, 3.8) is 0 Å². The van der Waals surface area contributed by atoms with Crippen LogP contribution in [-0.4, -0.2) is 52.7 Å². The van der Waals surface area contributed by atoms with E-state index in [1.165, 1.54) is 0 Å². The second-order valence-corrected chi connectivity index (χ2v) is 5.12. The monoisotopic (exact) mass is 342 g/mol. The van der Waals surface area contributed by atoms with Crippen LogP contribution in [0.1, 0.15) is 11.5 Å². The van der Waals surface area contributed by atoms with Crippen LogP contribution in [-0.2, 0) is 11.8 Å². The molecule has 0 radical (unpaired) electrons. The van der Waals surface area contributed by atoms with Gasteiger partial charge in [-0.05, 0) is 5.56 Å². The van der Waals surface area contributed by atoms with E-state index in [9.17, 15) is 18.0 Å². The molecule has 1 aliphatic rings. The van der Waals surface area contributed by atoms with Crippen molar-refractivity contribution >= 4 is 18.3 Å². The molecule has 0 aliphatic carbocycles. The van der Waals surface area contributed by atoms with Gasteiger partial charge in [0.05, 0.1) is 18.7 Å². The maximum absolute atomic E-state index is 12.2. The zero-order valence-corrected chi connectivity index (χ0v) is 12.6. The summed E-state index contributed by atoms with van der Waals surface area (Å²) in [6, 6.07) is 0. The molecule has 22 heavy (non-hydrogen) atoms. The molecule has 2 rings (SSSR count). The Morgan fingerprint density at radius 1 is 1.59 bits per heavy atom. The molecule has 0 spiro atoms. The van der Waals surface area contributed by atoms with Crippen LogP contribution >= 0.6 is 12.4 Å². The zero-order chi connectivity index (χ0) is 15.6. The summed E-state index contributed by atoms with van der Waals surface area (Å²) in [6.07, 6.45) is -3.86. The van der Waals surface area contributed by atoms with Crippen LogP contribution in [0, 0.1) is 5.92 Å². The molecule has 2 heterocycles. The number of aryl methyl sites for hydroxylation is 1. The number of amides is 1. The minimum Gasteiger partial charge on any atom is -0.382 e. The highest BCUT2D eigenvalue weighted by Gasteiger charge is 2.40. The molecule has 10 heteroatoms. The Morgan fingerprint density at radius 3 is 2.82 bits per heavy atom.